The van der Waals surface area contributed by atoms with Crippen LogP contribution in [0.1, 0.15) is 49.4 Å². The van der Waals surface area contributed by atoms with Gasteiger partial charge in [-0.25, -0.2) is 4.79 Å². The predicted molar refractivity (Wildman–Crippen MR) is 214 cm³/mol. The van der Waals surface area contributed by atoms with Gasteiger partial charge in [-0.2, -0.15) is 0 Å². The van der Waals surface area contributed by atoms with Crippen molar-refractivity contribution in [2.45, 2.75) is 108 Å². The Hall–Kier alpha value is -4.17. The van der Waals surface area contributed by atoms with Gasteiger partial charge in [0.05, 0.1) is 51.8 Å². The molecular formula is C46H57NO10. The van der Waals surface area contributed by atoms with Gasteiger partial charge in [-0.05, 0) is 43.0 Å². The van der Waals surface area contributed by atoms with Crippen LogP contribution in [-0.2, 0) is 69.1 Å². The van der Waals surface area contributed by atoms with E-state index in [9.17, 15) is 4.79 Å². The molecule has 0 N–H and O–H groups in total. The molecule has 2 aliphatic rings. The van der Waals surface area contributed by atoms with Crippen LogP contribution in [0.3, 0.4) is 0 Å². The number of rotatable bonds is 17. The predicted octanol–water partition coefficient (Wildman–Crippen LogP) is 7.70. The van der Waals surface area contributed by atoms with Gasteiger partial charge in [-0.15, -0.1) is 0 Å². The molecule has 0 saturated carbocycles. The minimum absolute atomic E-state index is 0.100. The number of carbonyl (C=O) groups is 1. The number of carbonyl (C=O) groups excluding carboxylic acids is 1. The second-order valence-electron chi connectivity index (χ2n) is 15.4. The average molecular weight is 784 g/mol. The normalized spacial score (nSPS) is 25.1. The Balaban J connectivity index is 1.20. The molecule has 2 saturated heterocycles. The van der Waals surface area contributed by atoms with Crippen LogP contribution in [0.25, 0.3) is 0 Å². The zero-order chi connectivity index (χ0) is 40.0. The van der Waals surface area contributed by atoms with Crippen LogP contribution in [0.2, 0.25) is 0 Å². The Morgan fingerprint density at radius 2 is 1.12 bits per heavy atom. The van der Waals surface area contributed by atoms with E-state index in [0.717, 1.165) is 22.3 Å². The van der Waals surface area contributed by atoms with Gasteiger partial charge in [-0.1, -0.05) is 121 Å². The van der Waals surface area contributed by atoms with Crippen molar-refractivity contribution in [3.8, 4) is 0 Å². The molecule has 0 radical (unpaired) electrons. The first-order valence-electron chi connectivity index (χ1n) is 19.7. The molecule has 0 unspecified atom stereocenters. The highest BCUT2D eigenvalue weighted by atomic mass is 16.7. The topological polar surface area (TPSA) is 103 Å². The third kappa shape index (κ3) is 12.7. The van der Waals surface area contributed by atoms with E-state index in [-0.39, 0.29) is 13.2 Å². The molecule has 4 aromatic rings. The molecule has 306 valence electrons. The molecular weight excluding hydrogens is 727 g/mol. The van der Waals surface area contributed by atoms with Crippen molar-refractivity contribution in [1.29, 1.82) is 0 Å². The fraction of sp³-hybridized carbons (Fsp3) is 0.457. The van der Waals surface area contributed by atoms with E-state index in [2.05, 4.69) is 0 Å². The van der Waals surface area contributed by atoms with E-state index >= 15 is 0 Å². The Kier molecular flexibility index (Phi) is 15.6. The van der Waals surface area contributed by atoms with Gasteiger partial charge in [0.15, 0.2) is 12.6 Å². The average Bonchev–Trinajstić information content (AvgIpc) is 3.23. The summed E-state index contributed by atoms with van der Waals surface area (Å²) in [5.74, 6) is 0. The third-order valence-electron chi connectivity index (χ3n) is 9.93. The van der Waals surface area contributed by atoms with E-state index in [4.69, 9.17) is 42.6 Å². The van der Waals surface area contributed by atoms with Gasteiger partial charge in [-0.3, -0.25) is 0 Å². The Labute approximate surface area is 337 Å². The van der Waals surface area contributed by atoms with Crippen molar-refractivity contribution in [2.75, 3.05) is 27.4 Å². The molecule has 0 bridgehead atoms. The van der Waals surface area contributed by atoms with Crippen molar-refractivity contribution in [3.05, 3.63) is 144 Å². The summed E-state index contributed by atoms with van der Waals surface area (Å²) in [5, 5.41) is 0. The lowest BCUT2D eigenvalue weighted by Gasteiger charge is -2.46. The van der Waals surface area contributed by atoms with Crippen molar-refractivity contribution in [1.82, 2.24) is 4.90 Å². The van der Waals surface area contributed by atoms with Gasteiger partial charge >= 0.3 is 6.09 Å². The summed E-state index contributed by atoms with van der Waals surface area (Å²) < 4.78 is 57.7. The summed E-state index contributed by atoms with van der Waals surface area (Å²) in [6.07, 6.45) is -4.44. The van der Waals surface area contributed by atoms with Crippen LogP contribution < -0.4 is 0 Å². The van der Waals surface area contributed by atoms with E-state index in [1.165, 1.54) is 0 Å². The van der Waals surface area contributed by atoms with Crippen LogP contribution in [0, 0.1) is 0 Å². The first kappa shape index (κ1) is 42.4. The Morgan fingerprint density at radius 3 is 1.61 bits per heavy atom. The minimum Gasteiger partial charge on any atom is -0.444 e. The van der Waals surface area contributed by atoms with Crippen molar-refractivity contribution in [2.24, 2.45) is 0 Å². The monoisotopic (exact) mass is 783 g/mol. The summed E-state index contributed by atoms with van der Waals surface area (Å²) in [7, 11) is 3.35. The van der Waals surface area contributed by atoms with E-state index in [1.807, 2.05) is 142 Å². The molecule has 2 heterocycles. The molecule has 6 rings (SSSR count). The van der Waals surface area contributed by atoms with E-state index in [0.29, 0.717) is 32.8 Å². The highest BCUT2D eigenvalue weighted by Gasteiger charge is 2.49. The van der Waals surface area contributed by atoms with Crippen LogP contribution in [0.4, 0.5) is 4.79 Å². The lowest BCUT2D eigenvalue weighted by Crippen LogP contribution is -2.62. The highest BCUT2D eigenvalue weighted by molar-refractivity contribution is 5.68. The first-order valence-corrected chi connectivity index (χ1v) is 19.7. The summed E-state index contributed by atoms with van der Waals surface area (Å²) >= 11 is 0. The largest absolute Gasteiger partial charge is 0.444 e. The van der Waals surface area contributed by atoms with Gasteiger partial charge in [0.1, 0.15) is 30.0 Å². The number of amides is 1. The van der Waals surface area contributed by atoms with Crippen molar-refractivity contribution < 1.29 is 47.4 Å². The van der Waals surface area contributed by atoms with E-state index < -0.39 is 60.8 Å². The standard InChI is InChI=1S/C46H57NO10/c1-46(2,3)57-45(48)47(4)37-31-51-40(26-38(37)50-27-33-18-10-6-11-19-33)52-32-39-41(49-5)42(53-28-34-20-12-7-13-21-34)43(54-29-35-22-14-8-15-23-35)44(56-39)55-30-36-24-16-9-17-25-36/h6-25,37-44H,26-32H2,1-5H3/t37-,38-,39-,40-,41-,42+,43-,44-/m1/s1. The molecule has 0 aliphatic carbocycles. The molecule has 2 aliphatic heterocycles. The molecule has 11 heteroatoms. The number of likely N-dealkylation sites (N-methyl/N-ethyl adjacent to an activating group) is 1. The maximum Gasteiger partial charge on any atom is 0.410 e. The number of hydrogen-bond acceptors (Lipinski definition) is 10. The maximum atomic E-state index is 13.2. The first-order chi connectivity index (χ1) is 27.7. The molecule has 11 nitrogen and oxygen atoms in total. The number of ether oxygens (including phenoxy) is 9. The molecule has 1 amide bonds. The molecule has 2 fully saturated rings. The zero-order valence-electron chi connectivity index (χ0n) is 33.6. The SMILES string of the molecule is CO[C@H]1[C@H](OCc2ccccc2)[C@@H](OCc2ccccc2)[C@H](OCc2ccccc2)O[C@@H]1CO[C@@H]1C[C@@H](OCc2ccccc2)[C@H](N(C)C(=O)OC(C)(C)C)CO1. The number of hydrogen-bond donors (Lipinski definition) is 0. The highest BCUT2D eigenvalue weighted by Crippen LogP contribution is 2.32. The third-order valence-corrected chi connectivity index (χ3v) is 9.93. The molecule has 8 atom stereocenters. The van der Waals surface area contributed by atoms with Gasteiger partial charge in [0.2, 0.25) is 0 Å². The van der Waals surface area contributed by atoms with E-state index in [1.54, 1.807) is 19.1 Å². The Morgan fingerprint density at radius 1 is 0.649 bits per heavy atom. The van der Waals surface area contributed by atoms with Crippen LogP contribution in [0.5, 0.6) is 0 Å². The maximum absolute atomic E-state index is 13.2. The van der Waals surface area contributed by atoms with Gasteiger partial charge in [0, 0.05) is 20.6 Å². The van der Waals surface area contributed by atoms with Crippen molar-refractivity contribution in [3.63, 3.8) is 0 Å². The quantitative estimate of drug-likeness (QED) is 0.106. The second kappa shape index (κ2) is 21.0. The fourth-order valence-electron chi connectivity index (χ4n) is 6.92. The summed E-state index contributed by atoms with van der Waals surface area (Å²) in [6, 6.07) is 39.4. The molecule has 4 aromatic carbocycles. The molecule has 57 heavy (non-hydrogen) atoms. The van der Waals surface area contributed by atoms with Gasteiger partial charge in [0.25, 0.3) is 0 Å². The van der Waals surface area contributed by atoms with Crippen LogP contribution in [0.15, 0.2) is 121 Å². The molecule has 0 spiro atoms. The minimum atomic E-state index is -0.823. The number of nitrogens with zero attached hydrogens (tertiary/aromatic N) is 1. The summed E-state index contributed by atoms with van der Waals surface area (Å²) in [6.45, 7) is 7.12. The van der Waals surface area contributed by atoms with Crippen molar-refractivity contribution >= 4 is 6.09 Å². The lowest BCUT2D eigenvalue weighted by atomic mass is 9.98. The fourth-order valence-corrected chi connectivity index (χ4v) is 6.92. The smallest absolute Gasteiger partial charge is 0.410 e. The van der Waals surface area contributed by atoms with Crippen LogP contribution in [-0.4, -0.2) is 93.1 Å². The number of methoxy groups -OCH3 is 1. The zero-order valence-corrected chi connectivity index (χ0v) is 33.6. The second-order valence-corrected chi connectivity index (χ2v) is 15.4. The van der Waals surface area contributed by atoms with Gasteiger partial charge < -0.3 is 47.5 Å². The number of benzene rings is 4. The summed E-state index contributed by atoms with van der Waals surface area (Å²) in [5.41, 5.74) is 3.38. The Bertz CT molecular complexity index is 1740. The van der Waals surface area contributed by atoms with Crippen LogP contribution >= 0.6 is 0 Å². The summed E-state index contributed by atoms with van der Waals surface area (Å²) in [4.78, 5) is 14.7. The lowest BCUT2D eigenvalue weighted by molar-refractivity contribution is -0.333. The molecule has 0 aromatic heterocycles.